The van der Waals surface area contributed by atoms with Crippen LogP contribution in [0.5, 0.6) is 0 Å². The summed E-state index contributed by atoms with van der Waals surface area (Å²) in [6, 6.07) is 1.82. The first-order valence-electron chi connectivity index (χ1n) is 7.17. The summed E-state index contributed by atoms with van der Waals surface area (Å²) < 4.78 is 4.70. The average Bonchev–Trinajstić information content (AvgIpc) is 3.07. The summed E-state index contributed by atoms with van der Waals surface area (Å²) in [5.74, 6) is 0.877. The summed E-state index contributed by atoms with van der Waals surface area (Å²) in [7, 11) is 0. The van der Waals surface area contributed by atoms with Crippen LogP contribution in [0.4, 0.5) is 4.79 Å². The van der Waals surface area contributed by atoms with Crippen molar-refractivity contribution in [1.82, 2.24) is 15.8 Å². The van der Waals surface area contributed by atoms with Crippen molar-refractivity contribution < 1.29 is 9.32 Å². The van der Waals surface area contributed by atoms with Crippen LogP contribution >= 0.6 is 0 Å². The van der Waals surface area contributed by atoms with E-state index in [4.69, 9.17) is 4.52 Å². The molecule has 0 saturated heterocycles. The number of nitrogens with zero attached hydrogens (tertiary/aromatic N) is 1. The van der Waals surface area contributed by atoms with E-state index in [9.17, 15) is 4.79 Å². The molecule has 1 atom stereocenters. The quantitative estimate of drug-likeness (QED) is 0.831. The Morgan fingerprint density at radius 2 is 2.32 bits per heavy atom. The molecule has 0 aromatic carbocycles. The molecule has 1 heterocycles. The van der Waals surface area contributed by atoms with Crippen LogP contribution in [0.3, 0.4) is 0 Å². The van der Waals surface area contributed by atoms with Crippen molar-refractivity contribution in [2.24, 2.45) is 5.92 Å². The molecule has 1 aliphatic carbocycles. The standard InChI is InChI=1S/C14H23N3O2/c1-11(6-7-12-4-2-3-5-12)16-14(18)15-10-13-8-9-19-17-13/h8-9,11-12H,2-7,10H2,1H3,(H2,15,16,18). The minimum absolute atomic E-state index is 0.137. The highest BCUT2D eigenvalue weighted by Gasteiger charge is 2.16. The number of nitrogens with one attached hydrogen (secondary N) is 2. The molecule has 1 aromatic rings. The van der Waals surface area contributed by atoms with Gasteiger partial charge in [0.2, 0.25) is 0 Å². The maximum Gasteiger partial charge on any atom is 0.315 e. The first kappa shape index (κ1) is 13.9. The lowest BCUT2D eigenvalue weighted by atomic mass is 9.99. The smallest absolute Gasteiger partial charge is 0.315 e. The molecule has 1 aliphatic rings. The molecule has 0 bridgehead atoms. The van der Waals surface area contributed by atoms with Crippen LogP contribution in [-0.4, -0.2) is 17.2 Å². The average molecular weight is 265 g/mol. The Kier molecular flexibility index (Phi) is 5.24. The first-order valence-corrected chi connectivity index (χ1v) is 7.17. The minimum atomic E-state index is -0.137. The number of aromatic nitrogens is 1. The van der Waals surface area contributed by atoms with E-state index in [1.165, 1.54) is 38.4 Å². The Morgan fingerprint density at radius 1 is 1.53 bits per heavy atom. The van der Waals surface area contributed by atoms with Gasteiger partial charge in [-0.2, -0.15) is 0 Å². The molecule has 1 aromatic heterocycles. The predicted molar refractivity (Wildman–Crippen MR) is 72.5 cm³/mol. The first-order chi connectivity index (χ1) is 9.24. The lowest BCUT2D eigenvalue weighted by Gasteiger charge is -2.16. The maximum absolute atomic E-state index is 11.7. The fourth-order valence-electron chi connectivity index (χ4n) is 2.63. The Hall–Kier alpha value is -1.52. The molecule has 2 rings (SSSR count). The van der Waals surface area contributed by atoms with Gasteiger partial charge in [0.15, 0.2) is 0 Å². The van der Waals surface area contributed by atoms with Crippen LogP contribution in [0.1, 0.15) is 51.1 Å². The van der Waals surface area contributed by atoms with Gasteiger partial charge in [-0.15, -0.1) is 0 Å². The van der Waals surface area contributed by atoms with Crippen LogP contribution in [0.25, 0.3) is 0 Å². The lowest BCUT2D eigenvalue weighted by Crippen LogP contribution is -2.40. The molecule has 0 spiro atoms. The van der Waals surface area contributed by atoms with E-state index in [1.54, 1.807) is 6.07 Å². The van der Waals surface area contributed by atoms with Crippen molar-refractivity contribution in [2.75, 3.05) is 0 Å². The number of urea groups is 1. The SMILES string of the molecule is CC(CCC1CCCC1)NC(=O)NCc1ccon1. The predicted octanol–water partition coefficient (Wildman–Crippen LogP) is 2.83. The zero-order chi connectivity index (χ0) is 13.5. The highest BCUT2D eigenvalue weighted by molar-refractivity contribution is 5.74. The fourth-order valence-corrected chi connectivity index (χ4v) is 2.63. The molecule has 106 valence electrons. The van der Waals surface area contributed by atoms with Crippen LogP contribution in [-0.2, 0) is 6.54 Å². The Morgan fingerprint density at radius 3 is 3.00 bits per heavy atom. The number of hydrogen-bond donors (Lipinski definition) is 2. The van der Waals surface area contributed by atoms with Gasteiger partial charge in [-0.25, -0.2) is 4.79 Å². The zero-order valence-electron chi connectivity index (χ0n) is 11.5. The molecular formula is C14H23N3O2. The third-order valence-corrected chi connectivity index (χ3v) is 3.78. The molecule has 2 N–H and O–H groups in total. The summed E-state index contributed by atoms with van der Waals surface area (Å²) >= 11 is 0. The maximum atomic E-state index is 11.7. The minimum Gasteiger partial charge on any atom is -0.364 e. The van der Waals surface area contributed by atoms with Crippen molar-refractivity contribution in [3.63, 3.8) is 0 Å². The van der Waals surface area contributed by atoms with E-state index < -0.39 is 0 Å². The van der Waals surface area contributed by atoms with Gasteiger partial charge in [0, 0.05) is 12.1 Å². The Bertz CT molecular complexity index is 372. The van der Waals surface area contributed by atoms with Gasteiger partial charge in [0.05, 0.1) is 6.54 Å². The summed E-state index contributed by atoms with van der Waals surface area (Å²) in [6.07, 6.45) is 9.28. The third-order valence-electron chi connectivity index (χ3n) is 3.78. The second-order valence-electron chi connectivity index (χ2n) is 5.45. The molecule has 2 amide bonds. The molecule has 5 nitrogen and oxygen atoms in total. The van der Waals surface area contributed by atoms with E-state index in [0.717, 1.165) is 18.0 Å². The van der Waals surface area contributed by atoms with Crippen LogP contribution in [0.2, 0.25) is 0 Å². The van der Waals surface area contributed by atoms with Gasteiger partial charge in [-0.05, 0) is 25.7 Å². The zero-order valence-corrected chi connectivity index (χ0v) is 11.5. The Labute approximate surface area is 114 Å². The van der Waals surface area contributed by atoms with Crippen molar-refractivity contribution in [3.05, 3.63) is 18.0 Å². The van der Waals surface area contributed by atoms with Gasteiger partial charge in [0.1, 0.15) is 12.0 Å². The van der Waals surface area contributed by atoms with E-state index >= 15 is 0 Å². The highest BCUT2D eigenvalue weighted by atomic mass is 16.5. The monoisotopic (exact) mass is 265 g/mol. The lowest BCUT2D eigenvalue weighted by molar-refractivity contribution is 0.235. The highest BCUT2D eigenvalue weighted by Crippen LogP contribution is 2.28. The largest absolute Gasteiger partial charge is 0.364 e. The molecule has 19 heavy (non-hydrogen) atoms. The summed E-state index contributed by atoms with van der Waals surface area (Å²) in [5.41, 5.74) is 0.730. The van der Waals surface area contributed by atoms with Crippen molar-refractivity contribution in [1.29, 1.82) is 0 Å². The second kappa shape index (κ2) is 7.16. The molecule has 1 fully saturated rings. The Balaban J connectivity index is 1.58. The van der Waals surface area contributed by atoms with Crippen LogP contribution in [0, 0.1) is 5.92 Å². The van der Waals surface area contributed by atoms with Crippen LogP contribution < -0.4 is 10.6 Å². The normalized spacial score (nSPS) is 17.3. The van der Waals surface area contributed by atoms with Gasteiger partial charge < -0.3 is 15.2 Å². The van der Waals surface area contributed by atoms with Gasteiger partial charge in [0.25, 0.3) is 0 Å². The number of carbonyl (C=O) groups is 1. The summed E-state index contributed by atoms with van der Waals surface area (Å²) in [6.45, 7) is 2.46. The molecule has 0 aliphatic heterocycles. The number of hydrogen-bond acceptors (Lipinski definition) is 3. The van der Waals surface area contributed by atoms with Gasteiger partial charge in [-0.3, -0.25) is 0 Å². The molecule has 0 radical (unpaired) electrons. The van der Waals surface area contributed by atoms with Gasteiger partial charge in [-0.1, -0.05) is 30.8 Å². The fraction of sp³-hybridized carbons (Fsp3) is 0.714. The van der Waals surface area contributed by atoms with E-state index in [2.05, 4.69) is 22.7 Å². The van der Waals surface area contributed by atoms with E-state index in [-0.39, 0.29) is 12.1 Å². The topological polar surface area (TPSA) is 67.2 Å². The van der Waals surface area contributed by atoms with Crippen molar-refractivity contribution in [2.45, 2.75) is 58.0 Å². The molecule has 1 saturated carbocycles. The third kappa shape index (κ3) is 4.93. The van der Waals surface area contributed by atoms with Crippen molar-refractivity contribution >= 4 is 6.03 Å². The van der Waals surface area contributed by atoms with Crippen LogP contribution in [0.15, 0.2) is 16.9 Å². The number of rotatable bonds is 6. The second-order valence-corrected chi connectivity index (χ2v) is 5.45. The number of amides is 2. The summed E-state index contributed by atoms with van der Waals surface area (Å²) in [5, 5.41) is 9.47. The van der Waals surface area contributed by atoms with Crippen molar-refractivity contribution in [3.8, 4) is 0 Å². The van der Waals surface area contributed by atoms with E-state index in [1.807, 2.05) is 0 Å². The van der Waals surface area contributed by atoms with Gasteiger partial charge >= 0.3 is 6.03 Å². The van der Waals surface area contributed by atoms with E-state index in [0.29, 0.717) is 6.54 Å². The molecule has 1 unspecified atom stereocenters. The molecular weight excluding hydrogens is 242 g/mol. The molecule has 5 heteroatoms. The summed E-state index contributed by atoms with van der Waals surface area (Å²) in [4.78, 5) is 11.7. The number of carbonyl (C=O) groups excluding carboxylic acids is 1.